The Morgan fingerprint density at radius 3 is 2.65 bits per heavy atom. The van der Waals surface area contributed by atoms with Crippen LogP contribution in [0.1, 0.15) is 22.4 Å². The van der Waals surface area contributed by atoms with Crippen LogP contribution in [-0.2, 0) is 29.7 Å². The molecule has 2 aromatic rings. The normalized spacial score (nSPS) is 11.9. The van der Waals surface area contributed by atoms with Crippen molar-refractivity contribution in [3.8, 4) is 0 Å². The van der Waals surface area contributed by atoms with Crippen LogP contribution in [0.2, 0.25) is 0 Å². The fourth-order valence-corrected chi connectivity index (χ4v) is 3.92. The topological polar surface area (TPSA) is 71.3 Å². The Balaban J connectivity index is 2.15. The Hall–Kier alpha value is -1.15. The summed E-state index contributed by atoms with van der Waals surface area (Å²) in [6, 6.07) is 5.39. The van der Waals surface area contributed by atoms with Crippen LogP contribution < -0.4 is 4.72 Å². The summed E-state index contributed by atoms with van der Waals surface area (Å²) in [5.41, 5.74) is 0.597. The Kier molecular flexibility index (Phi) is 4.64. The third-order valence-electron chi connectivity index (χ3n) is 3.01. The largest absolute Gasteiger partial charge is 0.390 e. The maximum atomic E-state index is 12.2. The van der Waals surface area contributed by atoms with Gasteiger partial charge in [0.2, 0.25) is 10.0 Å². The van der Waals surface area contributed by atoms with Gasteiger partial charge >= 0.3 is 0 Å². The van der Waals surface area contributed by atoms with E-state index in [1.165, 1.54) is 6.07 Å². The van der Waals surface area contributed by atoms with Gasteiger partial charge in [0, 0.05) is 34.7 Å². The molecule has 0 radical (unpaired) electrons. The van der Waals surface area contributed by atoms with E-state index >= 15 is 0 Å². The van der Waals surface area contributed by atoms with Crippen LogP contribution in [0, 0.1) is 6.92 Å². The average Bonchev–Trinajstić information content (AvgIpc) is 3.02. The van der Waals surface area contributed by atoms with Crippen molar-refractivity contribution < 1.29 is 13.5 Å². The molecule has 7 heteroatoms. The summed E-state index contributed by atoms with van der Waals surface area (Å²) in [6.07, 6.45) is 1.55. The monoisotopic (exact) mass is 314 g/mol. The third kappa shape index (κ3) is 3.29. The fourth-order valence-electron chi connectivity index (χ4n) is 1.93. The smallest absolute Gasteiger partial charge is 0.242 e. The molecule has 5 nitrogen and oxygen atoms in total. The molecule has 0 spiro atoms. The number of hydrogen-bond donors (Lipinski definition) is 2. The van der Waals surface area contributed by atoms with Gasteiger partial charge in [-0.3, -0.25) is 0 Å². The fraction of sp³-hybridized carbons (Fsp3) is 0.385. The first kappa shape index (κ1) is 15.2. The zero-order valence-electron chi connectivity index (χ0n) is 11.5. The molecule has 20 heavy (non-hydrogen) atoms. The second-order valence-corrected chi connectivity index (χ2v) is 7.59. The highest BCUT2D eigenvalue weighted by molar-refractivity contribution is 7.89. The van der Waals surface area contributed by atoms with Crippen molar-refractivity contribution in [1.82, 2.24) is 9.29 Å². The minimum absolute atomic E-state index is 0.173. The predicted molar refractivity (Wildman–Crippen MR) is 79.1 cm³/mol. The summed E-state index contributed by atoms with van der Waals surface area (Å²) < 4.78 is 28.7. The first-order valence-electron chi connectivity index (χ1n) is 6.31. The summed E-state index contributed by atoms with van der Waals surface area (Å²) in [5, 5.41) is 9.20. The first-order chi connectivity index (χ1) is 9.46. The number of aryl methyl sites for hydroxylation is 2. The molecular formula is C13H18N2O3S2. The number of nitrogens with zero attached hydrogens (tertiary/aromatic N) is 1. The lowest BCUT2D eigenvalue weighted by atomic mass is 10.4. The number of hydrogen-bond acceptors (Lipinski definition) is 4. The Labute approximate surface area is 122 Å². The lowest BCUT2D eigenvalue weighted by molar-refractivity contribution is 0.271. The number of aromatic nitrogens is 1. The van der Waals surface area contributed by atoms with E-state index in [-0.39, 0.29) is 18.0 Å². The van der Waals surface area contributed by atoms with Gasteiger partial charge in [-0.15, -0.1) is 11.3 Å². The van der Waals surface area contributed by atoms with Crippen LogP contribution in [-0.4, -0.2) is 18.1 Å². The molecule has 0 aliphatic carbocycles. The molecule has 110 valence electrons. The van der Waals surface area contributed by atoms with E-state index in [0.29, 0.717) is 12.2 Å². The predicted octanol–water partition coefficient (Wildman–Crippen LogP) is 1.85. The number of nitrogens with one attached hydrogen (secondary N) is 1. The van der Waals surface area contributed by atoms with Crippen molar-refractivity contribution in [2.45, 2.75) is 38.4 Å². The van der Waals surface area contributed by atoms with E-state index in [4.69, 9.17) is 0 Å². The molecule has 0 unspecified atom stereocenters. The van der Waals surface area contributed by atoms with E-state index in [0.717, 1.165) is 9.75 Å². The van der Waals surface area contributed by atoms with Crippen LogP contribution in [0.15, 0.2) is 29.3 Å². The standard InChI is InChI=1S/C13H18N2O3S2/c1-3-15-8-13(6-11(15)9-16)20(17,18)14-7-12-5-4-10(2)19-12/h4-6,8,14,16H,3,7,9H2,1-2H3. The van der Waals surface area contributed by atoms with Gasteiger partial charge in [-0.05, 0) is 32.0 Å². The molecule has 0 amide bonds. The molecule has 0 aromatic carbocycles. The third-order valence-corrected chi connectivity index (χ3v) is 5.38. The van der Waals surface area contributed by atoms with Gasteiger partial charge in [0.05, 0.1) is 11.5 Å². The second kappa shape index (κ2) is 6.09. The SMILES string of the molecule is CCn1cc(S(=O)(=O)NCc2ccc(C)s2)cc1CO. The Bertz CT molecular complexity index is 665. The van der Waals surface area contributed by atoms with Crippen LogP contribution in [0.3, 0.4) is 0 Å². The van der Waals surface area contributed by atoms with Crippen molar-refractivity contribution in [2.75, 3.05) is 0 Å². The van der Waals surface area contributed by atoms with Crippen molar-refractivity contribution in [1.29, 1.82) is 0 Å². The molecule has 2 aromatic heterocycles. The van der Waals surface area contributed by atoms with Crippen LogP contribution in [0.4, 0.5) is 0 Å². The van der Waals surface area contributed by atoms with Gasteiger partial charge in [0.1, 0.15) is 0 Å². The van der Waals surface area contributed by atoms with E-state index in [1.807, 2.05) is 26.0 Å². The van der Waals surface area contributed by atoms with Gasteiger partial charge in [-0.2, -0.15) is 0 Å². The zero-order valence-corrected chi connectivity index (χ0v) is 13.1. The van der Waals surface area contributed by atoms with Gasteiger partial charge in [0.15, 0.2) is 0 Å². The summed E-state index contributed by atoms with van der Waals surface area (Å²) in [7, 11) is -3.55. The van der Waals surface area contributed by atoms with E-state index in [1.54, 1.807) is 22.1 Å². The van der Waals surface area contributed by atoms with Gasteiger partial charge in [-0.1, -0.05) is 0 Å². The zero-order chi connectivity index (χ0) is 14.8. The van der Waals surface area contributed by atoms with Gasteiger partial charge < -0.3 is 9.67 Å². The molecule has 0 saturated heterocycles. The number of aliphatic hydroxyl groups is 1. The van der Waals surface area contributed by atoms with Crippen LogP contribution in [0.5, 0.6) is 0 Å². The Morgan fingerprint density at radius 1 is 1.40 bits per heavy atom. The maximum absolute atomic E-state index is 12.2. The number of thiophene rings is 1. The summed E-state index contributed by atoms with van der Waals surface area (Å²) in [6.45, 7) is 4.62. The Morgan fingerprint density at radius 2 is 2.15 bits per heavy atom. The highest BCUT2D eigenvalue weighted by Crippen LogP contribution is 2.18. The van der Waals surface area contributed by atoms with E-state index in [9.17, 15) is 13.5 Å². The maximum Gasteiger partial charge on any atom is 0.242 e. The summed E-state index contributed by atoms with van der Waals surface area (Å²) in [4.78, 5) is 2.32. The quantitative estimate of drug-likeness (QED) is 0.855. The number of rotatable bonds is 6. The summed E-state index contributed by atoms with van der Waals surface area (Å²) >= 11 is 1.57. The van der Waals surface area contributed by atoms with Gasteiger partial charge in [-0.25, -0.2) is 13.1 Å². The molecule has 0 saturated carbocycles. The average molecular weight is 314 g/mol. The highest BCUT2D eigenvalue weighted by Gasteiger charge is 2.17. The molecule has 2 heterocycles. The van der Waals surface area contributed by atoms with Crippen LogP contribution in [0.25, 0.3) is 0 Å². The molecule has 0 aliphatic rings. The minimum Gasteiger partial charge on any atom is -0.390 e. The van der Waals surface area contributed by atoms with Crippen molar-refractivity contribution >= 4 is 21.4 Å². The minimum atomic E-state index is -3.55. The van der Waals surface area contributed by atoms with Crippen molar-refractivity contribution in [2.24, 2.45) is 0 Å². The molecule has 2 rings (SSSR count). The lowest BCUT2D eigenvalue weighted by Crippen LogP contribution is -2.22. The molecule has 0 bridgehead atoms. The van der Waals surface area contributed by atoms with E-state index < -0.39 is 10.0 Å². The van der Waals surface area contributed by atoms with Crippen molar-refractivity contribution in [3.05, 3.63) is 39.8 Å². The lowest BCUT2D eigenvalue weighted by Gasteiger charge is -2.03. The molecule has 2 N–H and O–H groups in total. The van der Waals surface area contributed by atoms with E-state index in [2.05, 4.69) is 4.72 Å². The second-order valence-electron chi connectivity index (χ2n) is 4.45. The molecular weight excluding hydrogens is 296 g/mol. The van der Waals surface area contributed by atoms with Crippen LogP contribution >= 0.6 is 11.3 Å². The highest BCUT2D eigenvalue weighted by atomic mass is 32.2. The number of aliphatic hydroxyl groups excluding tert-OH is 1. The van der Waals surface area contributed by atoms with Gasteiger partial charge in [0.25, 0.3) is 0 Å². The summed E-state index contributed by atoms with van der Waals surface area (Å²) in [5.74, 6) is 0. The molecule has 0 atom stereocenters. The molecule has 0 aliphatic heterocycles. The first-order valence-corrected chi connectivity index (χ1v) is 8.61. The number of sulfonamides is 1. The molecule has 0 fully saturated rings. The van der Waals surface area contributed by atoms with Crippen molar-refractivity contribution in [3.63, 3.8) is 0 Å².